The van der Waals surface area contributed by atoms with Crippen LogP contribution in [-0.4, -0.2) is 40.3 Å². The van der Waals surface area contributed by atoms with Gasteiger partial charge in [-0.15, -0.1) is 0 Å². The number of fused-ring (bicyclic) bond motifs is 1. The molecule has 31 heavy (non-hydrogen) atoms. The van der Waals surface area contributed by atoms with Crippen LogP contribution < -0.4 is 9.47 Å². The highest BCUT2D eigenvalue weighted by Gasteiger charge is 2.35. The molecule has 7 heteroatoms. The molecule has 1 aliphatic heterocycles. The third-order valence-electron chi connectivity index (χ3n) is 5.78. The summed E-state index contributed by atoms with van der Waals surface area (Å²) in [6, 6.07) is 0.971. The number of ether oxygens (including phenoxy) is 4. The number of cyclic esters (lactones) is 1. The quantitative estimate of drug-likeness (QED) is 0.291. The Morgan fingerprint density at radius 3 is 2.52 bits per heavy atom. The molecule has 0 spiro atoms. The van der Waals surface area contributed by atoms with Crippen molar-refractivity contribution < 1.29 is 28.5 Å². The van der Waals surface area contributed by atoms with E-state index in [2.05, 4.69) is 19.6 Å². The number of allylic oxidation sites excluding steroid dienone is 1. The fourth-order valence-electron chi connectivity index (χ4n) is 3.87. The van der Waals surface area contributed by atoms with E-state index in [9.17, 15) is 9.59 Å². The Labute approximate surface area is 185 Å². The molecule has 1 heterocycles. The van der Waals surface area contributed by atoms with Gasteiger partial charge in [0.15, 0.2) is 0 Å². The molecule has 1 fully saturated rings. The van der Waals surface area contributed by atoms with Gasteiger partial charge in [-0.05, 0) is 50.6 Å². The van der Waals surface area contributed by atoms with Crippen LogP contribution in [0.15, 0.2) is 11.6 Å². The van der Waals surface area contributed by atoms with Crippen LogP contribution in [-0.2, 0) is 27.3 Å². The first-order valence-electron chi connectivity index (χ1n) is 11.1. The second-order valence-electron chi connectivity index (χ2n) is 9.41. The Morgan fingerprint density at radius 2 is 1.94 bits per heavy atom. The molecule has 3 rings (SSSR count). The van der Waals surface area contributed by atoms with Crippen molar-refractivity contribution in [3.8, 4) is 11.5 Å². The largest absolute Gasteiger partial charge is 0.496 e. The summed E-state index contributed by atoms with van der Waals surface area (Å²) in [4.78, 5) is 25.0. The molecule has 0 atom stereocenters. The molecular formula is C24H34O6Si. The monoisotopic (exact) mass is 446 g/mol. The molecule has 0 unspecified atom stereocenters. The van der Waals surface area contributed by atoms with E-state index in [0.717, 1.165) is 35.6 Å². The third kappa shape index (κ3) is 5.32. The summed E-state index contributed by atoms with van der Waals surface area (Å²) >= 11 is 0. The Bertz CT molecular complexity index is 893. The summed E-state index contributed by atoms with van der Waals surface area (Å²) in [5, 5.41) is 0. The summed E-state index contributed by atoms with van der Waals surface area (Å²) in [6.07, 6.45) is 4.34. The lowest BCUT2D eigenvalue weighted by molar-refractivity contribution is -0.138. The highest BCUT2D eigenvalue weighted by Crippen LogP contribution is 2.44. The van der Waals surface area contributed by atoms with Gasteiger partial charge < -0.3 is 18.9 Å². The van der Waals surface area contributed by atoms with E-state index in [-0.39, 0.29) is 24.5 Å². The fourth-order valence-corrected chi connectivity index (χ4v) is 4.58. The molecule has 170 valence electrons. The summed E-state index contributed by atoms with van der Waals surface area (Å²) in [6.45, 7) is 11.7. The SMILES string of the molecule is CCOC(=O)/C(=C/Cc1c(OC)c(C)c2c(c1OCC[Si](C)(C)C)C(=O)OC2)C1CC1. The normalized spacial score (nSPS) is 16.1. The topological polar surface area (TPSA) is 71.1 Å². The van der Waals surface area contributed by atoms with Crippen LogP contribution in [0.1, 0.15) is 46.8 Å². The number of carbonyl (C=O) groups is 2. The first-order chi connectivity index (χ1) is 14.7. The lowest BCUT2D eigenvalue weighted by Gasteiger charge is -2.21. The van der Waals surface area contributed by atoms with Gasteiger partial charge in [-0.2, -0.15) is 0 Å². The van der Waals surface area contributed by atoms with Crippen molar-refractivity contribution in [3.63, 3.8) is 0 Å². The van der Waals surface area contributed by atoms with E-state index in [4.69, 9.17) is 18.9 Å². The zero-order valence-electron chi connectivity index (χ0n) is 19.6. The van der Waals surface area contributed by atoms with Crippen LogP contribution in [0.4, 0.5) is 0 Å². The molecule has 6 nitrogen and oxygen atoms in total. The number of hydrogen-bond donors (Lipinski definition) is 0. The molecule has 0 saturated heterocycles. The molecule has 2 aliphatic rings. The predicted octanol–water partition coefficient (Wildman–Crippen LogP) is 4.83. The number of hydrogen-bond acceptors (Lipinski definition) is 6. The molecule has 0 bridgehead atoms. The average molecular weight is 447 g/mol. The van der Waals surface area contributed by atoms with E-state index < -0.39 is 8.07 Å². The van der Waals surface area contributed by atoms with Gasteiger partial charge in [-0.3, -0.25) is 0 Å². The van der Waals surface area contributed by atoms with Gasteiger partial charge in [0.25, 0.3) is 0 Å². The van der Waals surface area contributed by atoms with Crippen molar-refractivity contribution in [2.75, 3.05) is 20.3 Å². The minimum absolute atomic E-state index is 0.229. The van der Waals surface area contributed by atoms with Crippen LogP contribution in [0.5, 0.6) is 11.5 Å². The summed E-state index contributed by atoms with van der Waals surface area (Å²) in [7, 11) is 0.307. The Balaban J connectivity index is 2.03. The zero-order valence-corrected chi connectivity index (χ0v) is 20.6. The number of benzene rings is 1. The van der Waals surface area contributed by atoms with Crippen LogP contribution >= 0.6 is 0 Å². The Morgan fingerprint density at radius 1 is 1.23 bits per heavy atom. The molecular weight excluding hydrogens is 412 g/mol. The molecule has 1 saturated carbocycles. The third-order valence-corrected chi connectivity index (χ3v) is 7.48. The van der Waals surface area contributed by atoms with Gasteiger partial charge in [-0.25, -0.2) is 9.59 Å². The van der Waals surface area contributed by atoms with Crippen molar-refractivity contribution in [1.29, 1.82) is 0 Å². The lowest BCUT2D eigenvalue weighted by Crippen LogP contribution is -2.23. The minimum atomic E-state index is -1.32. The number of carbonyl (C=O) groups excluding carboxylic acids is 2. The number of rotatable bonds is 10. The lowest BCUT2D eigenvalue weighted by atomic mass is 9.94. The van der Waals surface area contributed by atoms with E-state index in [1.165, 1.54) is 0 Å². The highest BCUT2D eigenvalue weighted by molar-refractivity contribution is 6.76. The number of methoxy groups -OCH3 is 1. The van der Waals surface area contributed by atoms with Gasteiger partial charge in [0.2, 0.25) is 0 Å². The molecule has 0 radical (unpaired) electrons. The van der Waals surface area contributed by atoms with E-state index >= 15 is 0 Å². The van der Waals surface area contributed by atoms with Crippen LogP contribution in [0.25, 0.3) is 0 Å². The second kappa shape index (κ2) is 9.47. The van der Waals surface area contributed by atoms with E-state index in [1.54, 1.807) is 7.11 Å². The standard InChI is InChI=1S/C24H34O6Si/c1-7-28-23(25)17(16-8-9-16)10-11-18-21(27-3)15(2)19-14-30-24(26)20(19)22(18)29-12-13-31(4,5)6/h10,16H,7-9,11-14H2,1-6H3/b17-10+. The van der Waals surface area contributed by atoms with Gasteiger partial charge in [0, 0.05) is 24.8 Å². The maximum atomic E-state index is 12.6. The van der Waals surface area contributed by atoms with Gasteiger partial charge >= 0.3 is 11.9 Å². The van der Waals surface area contributed by atoms with Crippen molar-refractivity contribution in [2.45, 2.75) is 65.4 Å². The maximum Gasteiger partial charge on any atom is 0.342 e. The van der Waals surface area contributed by atoms with Gasteiger partial charge in [-0.1, -0.05) is 25.7 Å². The Kier molecular flexibility index (Phi) is 7.14. The highest BCUT2D eigenvalue weighted by atomic mass is 28.3. The maximum absolute atomic E-state index is 12.6. The van der Waals surface area contributed by atoms with Crippen molar-refractivity contribution >= 4 is 20.0 Å². The average Bonchev–Trinajstić information content (AvgIpc) is 3.45. The first kappa shape index (κ1) is 23.4. The molecule has 1 aromatic carbocycles. The van der Waals surface area contributed by atoms with E-state index in [0.29, 0.717) is 42.3 Å². The van der Waals surface area contributed by atoms with Crippen LogP contribution in [0.3, 0.4) is 0 Å². The van der Waals surface area contributed by atoms with E-state index in [1.807, 2.05) is 19.9 Å². The van der Waals surface area contributed by atoms with Crippen molar-refractivity contribution in [1.82, 2.24) is 0 Å². The minimum Gasteiger partial charge on any atom is -0.496 e. The number of esters is 2. The van der Waals surface area contributed by atoms with Crippen LogP contribution in [0, 0.1) is 12.8 Å². The van der Waals surface area contributed by atoms with Crippen molar-refractivity contribution in [3.05, 3.63) is 33.9 Å². The summed E-state index contributed by atoms with van der Waals surface area (Å²) in [5.41, 5.74) is 3.70. The summed E-state index contributed by atoms with van der Waals surface area (Å²) in [5.74, 6) is 0.856. The molecule has 1 aliphatic carbocycles. The molecule has 1 aromatic rings. The molecule has 0 N–H and O–H groups in total. The zero-order chi connectivity index (χ0) is 22.8. The fraction of sp³-hybridized carbons (Fsp3) is 0.583. The smallest absolute Gasteiger partial charge is 0.342 e. The van der Waals surface area contributed by atoms with Gasteiger partial charge in [0.05, 0.1) is 20.3 Å². The molecule has 0 aromatic heterocycles. The van der Waals surface area contributed by atoms with Gasteiger partial charge in [0.1, 0.15) is 23.7 Å². The molecule has 0 amide bonds. The Hall–Kier alpha value is -2.28. The van der Waals surface area contributed by atoms with Crippen LogP contribution in [0.2, 0.25) is 25.7 Å². The van der Waals surface area contributed by atoms with Crippen molar-refractivity contribution in [2.24, 2.45) is 5.92 Å². The second-order valence-corrected chi connectivity index (χ2v) is 15.0. The predicted molar refractivity (Wildman–Crippen MR) is 122 cm³/mol. The first-order valence-corrected chi connectivity index (χ1v) is 14.8. The summed E-state index contributed by atoms with van der Waals surface area (Å²) < 4.78 is 22.6.